The van der Waals surface area contributed by atoms with E-state index < -0.39 is 5.91 Å². The van der Waals surface area contributed by atoms with Gasteiger partial charge in [-0.25, -0.2) is 0 Å². The lowest BCUT2D eigenvalue weighted by Crippen LogP contribution is -2.20. The maximum absolute atomic E-state index is 11.0. The number of carbonyl (C=O) groups is 1. The first-order chi connectivity index (χ1) is 10.9. The minimum atomic E-state index is -0.480. The molecule has 0 aromatic heterocycles. The van der Waals surface area contributed by atoms with E-state index >= 15 is 0 Å². The number of ether oxygens (including phenoxy) is 1. The van der Waals surface area contributed by atoms with Crippen molar-refractivity contribution in [1.82, 2.24) is 4.90 Å². The zero-order valence-electron chi connectivity index (χ0n) is 14.2. The third kappa shape index (κ3) is 4.33. The van der Waals surface area contributed by atoms with Crippen molar-refractivity contribution in [3.8, 4) is 16.9 Å². The Hall–Kier alpha value is -2.33. The first kappa shape index (κ1) is 17.0. The topological polar surface area (TPSA) is 55.6 Å². The van der Waals surface area contributed by atoms with E-state index in [1.165, 1.54) is 5.56 Å². The molecule has 0 bridgehead atoms. The van der Waals surface area contributed by atoms with Crippen molar-refractivity contribution in [3.05, 3.63) is 53.6 Å². The summed E-state index contributed by atoms with van der Waals surface area (Å²) in [5.41, 5.74) is 9.59. The SMILES string of the molecule is Cc1ccc(OCC(N)=O)c(-c2cccc([C@@H](C)N(C)C)c2)c1. The quantitative estimate of drug-likeness (QED) is 0.891. The molecule has 0 unspecified atom stereocenters. The van der Waals surface area contributed by atoms with E-state index in [1.54, 1.807) is 0 Å². The Morgan fingerprint density at radius 3 is 2.61 bits per heavy atom. The van der Waals surface area contributed by atoms with Gasteiger partial charge in [0.2, 0.25) is 0 Å². The van der Waals surface area contributed by atoms with E-state index in [0.717, 1.165) is 16.7 Å². The van der Waals surface area contributed by atoms with Gasteiger partial charge in [-0.05, 0) is 57.3 Å². The highest BCUT2D eigenvalue weighted by Crippen LogP contribution is 2.33. The van der Waals surface area contributed by atoms with E-state index in [0.29, 0.717) is 11.8 Å². The second-order valence-corrected chi connectivity index (χ2v) is 6.02. The number of hydrogen-bond acceptors (Lipinski definition) is 3. The molecule has 0 aliphatic heterocycles. The Morgan fingerprint density at radius 1 is 1.22 bits per heavy atom. The molecule has 2 aromatic carbocycles. The van der Waals surface area contributed by atoms with Crippen molar-refractivity contribution in [2.75, 3.05) is 20.7 Å². The lowest BCUT2D eigenvalue weighted by molar-refractivity contribution is -0.119. The Kier molecular flexibility index (Phi) is 5.40. The van der Waals surface area contributed by atoms with Crippen molar-refractivity contribution >= 4 is 5.91 Å². The molecule has 122 valence electrons. The van der Waals surface area contributed by atoms with Gasteiger partial charge in [0.25, 0.3) is 5.91 Å². The van der Waals surface area contributed by atoms with Crippen LogP contribution in [-0.2, 0) is 4.79 Å². The molecule has 0 spiro atoms. The van der Waals surface area contributed by atoms with Gasteiger partial charge in [0.15, 0.2) is 6.61 Å². The van der Waals surface area contributed by atoms with Crippen LogP contribution in [0.3, 0.4) is 0 Å². The van der Waals surface area contributed by atoms with Crippen LogP contribution < -0.4 is 10.5 Å². The molecule has 0 radical (unpaired) electrons. The number of amides is 1. The summed E-state index contributed by atoms with van der Waals surface area (Å²) in [6.07, 6.45) is 0. The average molecular weight is 312 g/mol. The van der Waals surface area contributed by atoms with Crippen LogP contribution in [0.2, 0.25) is 0 Å². The van der Waals surface area contributed by atoms with Crippen LogP contribution >= 0.6 is 0 Å². The molecule has 4 nitrogen and oxygen atoms in total. The van der Waals surface area contributed by atoms with E-state index in [4.69, 9.17) is 10.5 Å². The Morgan fingerprint density at radius 2 is 1.96 bits per heavy atom. The van der Waals surface area contributed by atoms with Gasteiger partial charge in [-0.1, -0.05) is 29.8 Å². The van der Waals surface area contributed by atoms with E-state index in [-0.39, 0.29) is 6.61 Å². The molecule has 1 atom stereocenters. The Balaban J connectivity index is 2.42. The number of carbonyl (C=O) groups excluding carboxylic acids is 1. The van der Waals surface area contributed by atoms with Crippen molar-refractivity contribution in [2.24, 2.45) is 5.73 Å². The number of benzene rings is 2. The number of nitrogens with zero attached hydrogens (tertiary/aromatic N) is 1. The van der Waals surface area contributed by atoms with Crippen molar-refractivity contribution in [3.63, 3.8) is 0 Å². The minimum Gasteiger partial charge on any atom is -0.483 e. The first-order valence-electron chi connectivity index (χ1n) is 7.67. The predicted octanol–water partition coefficient (Wildman–Crippen LogP) is 3.15. The van der Waals surface area contributed by atoms with Crippen molar-refractivity contribution < 1.29 is 9.53 Å². The third-order valence-electron chi connectivity index (χ3n) is 3.96. The summed E-state index contributed by atoms with van der Waals surface area (Å²) in [6, 6.07) is 14.6. The molecule has 0 aliphatic carbocycles. The summed E-state index contributed by atoms with van der Waals surface area (Å²) in [4.78, 5) is 13.2. The van der Waals surface area contributed by atoms with Gasteiger partial charge in [-0.3, -0.25) is 4.79 Å². The Labute approximate surface area is 137 Å². The van der Waals surface area contributed by atoms with Crippen LogP contribution in [0.5, 0.6) is 5.75 Å². The lowest BCUT2D eigenvalue weighted by atomic mass is 9.98. The maximum atomic E-state index is 11.0. The second kappa shape index (κ2) is 7.29. The maximum Gasteiger partial charge on any atom is 0.255 e. The van der Waals surface area contributed by atoms with Gasteiger partial charge in [0.1, 0.15) is 5.75 Å². The highest BCUT2D eigenvalue weighted by molar-refractivity contribution is 5.76. The molecule has 1 amide bonds. The van der Waals surface area contributed by atoms with Gasteiger partial charge in [-0.2, -0.15) is 0 Å². The smallest absolute Gasteiger partial charge is 0.255 e. The number of hydrogen-bond donors (Lipinski definition) is 1. The molecular formula is C19H24N2O2. The van der Waals surface area contributed by atoms with Crippen LogP contribution in [0.1, 0.15) is 24.1 Å². The third-order valence-corrected chi connectivity index (χ3v) is 3.96. The summed E-state index contributed by atoms with van der Waals surface area (Å²) in [5, 5.41) is 0. The highest BCUT2D eigenvalue weighted by Gasteiger charge is 2.12. The van der Waals surface area contributed by atoms with E-state index in [2.05, 4.69) is 50.2 Å². The molecule has 23 heavy (non-hydrogen) atoms. The molecule has 0 saturated heterocycles. The lowest BCUT2D eigenvalue weighted by Gasteiger charge is -2.21. The molecule has 0 saturated carbocycles. The zero-order chi connectivity index (χ0) is 17.0. The van der Waals surface area contributed by atoms with Gasteiger partial charge < -0.3 is 15.4 Å². The molecule has 4 heteroatoms. The second-order valence-electron chi connectivity index (χ2n) is 6.02. The summed E-state index contributed by atoms with van der Waals surface area (Å²) in [7, 11) is 4.12. The van der Waals surface area contributed by atoms with Crippen LogP contribution in [0, 0.1) is 6.92 Å². The highest BCUT2D eigenvalue weighted by atomic mass is 16.5. The molecule has 2 N–H and O–H groups in total. The van der Waals surface area contributed by atoms with Crippen LogP contribution in [0.4, 0.5) is 0 Å². The minimum absolute atomic E-state index is 0.121. The summed E-state index contributed by atoms with van der Waals surface area (Å²) >= 11 is 0. The van der Waals surface area contributed by atoms with E-state index in [9.17, 15) is 4.79 Å². The Bertz CT molecular complexity index is 696. The van der Waals surface area contributed by atoms with Gasteiger partial charge in [0.05, 0.1) is 0 Å². The molecule has 0 heterocycles. The van der Waals surface area contributed by atoms with Crippen molar-refractivity contribution in [2.45, 2.75) is 19.9 Å². The van der Waals surface area contributed by atoms with E-state index in [1.807, 2.05) is 25.1 Å². The number of aryl methyl sites for hydroxylation is 1. The van der Waals surface area contributed by atoms with Gasteiger partial charge >= 0.3 is 0 Å². The average Bonchev–Trinajstić information content (AvgIpc) is 2.52. The number of nitrogens with two attached hydrogens (primary N) is 1. The largest absolute Gasteiger partial charge is 0.483 e. The normalized spacial score (nSPS) is 12.2. The predicted molar refractivity (Wildman–Crippen MR) is 93.4 cm³/mol. The van der Waals surface area contributed by atoms with Crippen LogP contribution in [0.15, 0.2) is 42.5 Å². The fraction of sp³-hybridized carbons (Fsp3) is 0.316. The molecular weight excluding hydrogens is 288 g/mol. The standard InChI is InChI=1S/C19H24N2O2/c1-13-8-9-18(23-12-19(20)22)17(10-13)16-7-5-6-15(11-16)14(2)21(3)4/h5-11,14H,12H2,1-4H3,(H2,20,22)/t14-/m1/s1. The van der Waals surface area contributed by atoms with Gasteiger partial charge in [0, 0.05) is 11.6 Å². The summed E-state index contributed by atoms with van der Waals surface area (Å²) in [5.74, 6) is 0.190. The molecule has 2 rings (SSSR count). The zero-order valence-corrected chi connectivity index (χ0v) is 14.2. The monoisotopic (exact) mass is 312 g/mol. The summed E-state index contributed by atoms with van der Waals surface area (Å²) in [6.45, 7) is 4.08. The fourth-order valence-corrected chi connectivity index (χ4v) is 2.41. The first-order valence-corrected chi connectivity index (χ1v) is 7.67. The summed E-state index contributed by atoms with van der Waals surface area (Å²) < 4.78 is 5.57. The van der Waals surface area contributed by atoms with Crippen LogP contribution in [0.25, 0.3) is 11.1 Å². The fourth-order valence-electron chi connectivity index (χ4n) is 2.41. The van der Waals surface area contributed by atoms with Crippen molar-refractivity contribution in [1.29, 1.82) is 0 Å². The number of rotatable bonds is 6. The number of primary amides is 1. The molecule has 0 fully saturated rings. The van der Waals surface area contributed by atoms with Crippen LogP contribution in [-0.4, -0.2) is 31.5 Å². The van der Waals surface area contributed by atoms with Gasteiger partial charge in [-0.15, -0.1) is 0 Å². The molecule has 0 aliphatic rings. The molecule has 2 aromatic rings.